The predicted octanol–water partition coefficient (Wildman–Crippen LogP) is 1.29. The van der Waals surface area contributed by atoms with Crippen molar-refractivity contribution in [3.63, 3.8) is 0 Å². The molecule has 108 valence electrons. The zero-order valence-electron chi connectivity index (χ0n) is 12.7. The molecule has 3 heteroatoms. The van der Waals surface area contributed by atoms with Gasteiger partial charge in [-0.25, -0.2) is 0 Å². The Hall–Kier alpha value is -2.42. The van der Waals surface area contributed by atoms with Gasteiger partial charge in [-0.1, -0.05) is 36.4 Å². The number of aryl methyl sites for hydroxylation is 1. The summed E-state index contributed by atoms with van der Waals surface area (Å²) in [5.74, 6) is 0.675. The van der Waals surface area contributed by atoms with Crippen molar-refractivity contribution in [2.24, 2.45) is 5.73 Å². The maximum absolute atomic E-state index is 6.28. The highest BCUT2D eigenvalue weighted by molar-refractivity contribution is 5.69. The van der Waals surface area contributed by atoms with E-state index in [0.29, 0.717) is 5.82 Å². The molecule has 0 aliphatic carbocycles. The largest absolute Gasteiger partial charge is 0.398 e. The van der Waals surface area contributed by atoms with E-state index < -0.39 is 0 Å². The summed E-state index contributed by atoms with van der Waals surface area (Å²) in [6.07, 6.45) is 0. The Morgan fingerprint density at radius 1 is 0.952 bits per heavy atom. The molecule has 1 aliphatic rings. The quantitative estimate of drug-likeness (QED) is 0.689. The van der Waals surface area contributed by atoms with Crippen LogP contribution in [0.3, 0.4) is 0 Å². The number of hydrogen-bond acceptors (Lipinski definition) is 3. The standard InChI is InChI=1S/C18H21N3/c1-11-7-4-5-9-14(11)18(3)12(2)16-13(17(20)21-18)8-6-10-15(16)19/h4-10,21H,19-20H2,1-3H3. The number of hydrogen-bond donors (Lipinski definition) is 3. The summed E-state index contributed by atoms with van der Waals surface area (Å²) in [5.41, 5.74) is 16.6. The van der Waals surface area contributed by atoms with Gasteiger partial charge in [0.1, 0.15) is 5.82 Å². The van der Waals surface area contributed by atoms with E-state index in [1.54, 1.807) is 0 Å². The van der Waals surface area contributed by atoms with E-state index in [1.807, 2.05) is 18.2 Å². The third kappa shape index (κ3) is 1.88. The van der Waals surface area contributed by atoms with Crippen LogP contribution in [0.15, 0.2) is 42.5 Å². The maximum atomic E-state index is 6.28. The first kappa shape index (κ1) is 13.6. The third-order valence-corrected chi connectivity index (χ3v) is 4.58. The molecule has 0 fully saturated rings. The highest BCUT2D eigenvalue weighted by Gasteiger charge is 2.33. The molecular weight excluding hydrogens is 258 g/mol. The number of fused-ring (bicyclic) bond motifs is 1. The molecule has 3 nitrogen and oxygen atoms in total. The van der Waals surface area contributed by atoms with Crippen LogP contribution in [0.4, 0.5) is 5.69 Å². The van der Waals surface area contributed by atoms with E-state index >= 15 is 0 Å². The second-order valence-corrected chi connectivity index (χ2v) is 5.87. The molecule has 0 spiro atoms. The van der Waals surface area contributed by atoms with E-state index in [9.17, 15) is 0 Å². The SMILES string of the molecule is CC1=c2c(N)cccc2=C(N)NC1(C)c1ccccc1C. The fourth-order valence-electron chi connectivity index (χ4n) is 3.30. The molecule has 0 radical (unpaired) electrons. The van der Waals surface area contributed by atoms with Crippen LogP contribution in [0.5, 0.6) is 0 Å². The molecule has 0 aromatic heterocycles. The monoisotopic (exact) mass is 279 g/mol. The average Bonchev–Trinajstić information content (AvgIpc) is 2.45. The van der Waals surface area contributed by atoms with Gasteiger partial charge in [0.2, 0.25) is 0 Å². The van der Waals surface area contributed by atoms with Gasteiger partial charge in [-0.3, -0.25) is 0 Å². The Balaban J connectivity index is 2.40. The van der Waals surface area contributed by atoms with E-state index in [1.165, 1.54) is 16.7 Å². The first-order valence-electron chi connectivity index (χ1n) is 7.15. The first-order valence-corrected chi connectivity index (χ1v) is 7.15. The van der Waals surface area contributed by atoms with Crippen LogP contribution in [0.25, 0.3) is 11.4 Å². The van der Waals surface area contributed by atoms with Crippen molar-refractivity contribution in [1.29, 1.82) is 0 Å². The number of nitrogens with one attached hydrogen (secondary N) is 1. The normalized spacial score (nSPS) is 20.9. The Kier molecular flexibility index (Phi) is 2.94. The van der Waals surface area contributed by atoms with Crippen LogP contribution >= 0.6 is 0 Å². The molecule has 1 aliphatic heterocycles. The van der Waals surface area contributed by atoms with Gasteiger partial charge in [0.25, 0.3) is 0 Å². The summed E-state index contributed by atoms with van der Waals surface area (Å²) < 4.78 is 0. The number of nitrogen functional groups attached to an aromatic ring is 1. The smallest absolute Gasteiger partial charge is 0.105 e. The summed E-state index contributed by atoms with van der Waals surface area (Å²) in [7, 11) is 0. The molecule has 0 saturated heterocycles. The van der Waals surface area contributed by atoms with Crippen LogP contribution in [0, 0.1) is 6.92 Å². The van der Waals surface area contributed by atoms with Crippen LogP contribution in [-0.2, 0) is 5.54 Å². The van der Waals surface area contributed by atoms with Crippen molar-refractivity contribution in [3.8, 4) is 0 Å². The van der Waals surface area contributed by atoms with Gasteiger partial charge in [-0.2, -0.15) is 0 Å². The van der Waals surface area contributed by atoms with Crippen molar-refractivity contribution < 1.29 is 0 Å². The number of rotatable bonds is 1. The molecule has 5 N–H and O–H groups in total. The summed E-state index contributed by atoms with van der Waals surface area (Å²) in [6.45, 7) is 6.41. The average molecular weight is 279 g/mol. The zero-order valence-corrected chi connectivity index (χ0v) is 12.7. The predicted molar refractivity (Wildman–Crippen MR) is 88.4 cm³/mol. The lowest BCUT2D eigenvalue weighted by Crippen LogP contribution is -2.53. The Morgan fingerprint density at radius 3 is 2.38 bits per heavy atom. The van der Waals surface area contributed by atoms with Crippen LogP contribution in [0.1, 0.15) is 25.0 Å². The van der Waals surface area contributed by atoms with Gasteiger partial charge in [-0.05, 0) is 43.5 Å². The van der Waals surface area contributed by atoms with Crippen molar-refractivity contribution in [2.45, 2.75) is 26.3 Å². The van der Waals surface area contributed by atoms with Crippen LogP contribution < -0.4 is 27.2 Å². The lowest BCUT2D eigenvalue weighted by Gasteiger charge is -2.37. The minimum Gasteiger partial charge on any atom is -0.398 e. The Labute approximate surface area is 125 Å². The number of benzene rings is 2. The van der Waals surface area contributed by atoms with Gasteiger partial charge in [0.15, 0.2) is 0 Å². The molecule has 3 rings (SSSR count). The van der Waals surface area contributed by atoms with Gasteiger partial charge in [-0.15, -0.1) is 0 Å². The van der Waals surface area contributed by atoms with E-state index in [2.05, 4.69) is 50.4 Å². The molecule has 21 heavy (non-hydrogen) atoms. The topological polar surface area (TPSA) is 64.1 Å². The number of anilines is 1. The second kappa shape index (κ2) is 4.55. The maximum Gasteiger partial charge on any atom is 0.105 e. The van der Waals surface area contributed by atoms with E-state index in [0.717, 1.165) is 16.1 Å². The van der Waals surface area contributed by atoms with Crippen molar-refractivity contribution >= 4 is 17.1 Å². The van der Waals surface area contributed by atoms with E-state index in [-0.39, 0.29) is 5.54 Å². The lowest BCUT2D eigenvalue weighted by molar-refractivity contribution is 0.537. The van der Waals surface area contributed by atoms with Crippen molar-refractivity contribution in [2.75, 3.05) is 5.73 Å². The Morgan fingerprint density at radius 2 is 1.67 bits per heavy atom. The lowest BCUT2D eigenvalue weighted by atomic mass is 9.79. The van der Waals surface area contributed by atoms with Gasteiger partial charge in [0.05, 0.1) is 5.54 Å². The molecule has 2 aromatic carbocycles. The second-order valence-electron chi connectivity index (χ2n) is 5.87. The summed E-state index contributed by atoms with van der Waals surface area (Å²) in [6, 6.07) is 14.2. The third-order valence-electron chi connectivity index (χ3n) is 4.58. The van der Waals surface area contributed by atoms with Gasteiger partial charge in [0, 0.05) is 16.1 Å². The molecule has 1 unspecified atom stereocenters. The Bertz CT molecular complexity index is 836. The highest BCUT2D eigenvalue weighted by atomic mass is 15.1. The highest BCUT2D eigenvalue weighted by Crippen LogP contribution is 2.33. The molecule has 1 heterocycles. The fraction of sp³-hybridized carbons (Fsp3) is 0.222. The summed E-state index contributed by atoms with van der Waals surface area (Å²) in [5, 5.41) is 5.52. The minimum atomic E-state index is -0.349. The molecule has 0 amide bonds. The van der Waals surface area contributed by atoms with Gasteiger partial charge >= 0.3 is 0 Å². The van der Waals surface area contributed by atoms with Crippen LogP contribution in [0.2, 0.25) is 0 Å². The van der Waals surface area contributed by atoms with Crippen LogP contribution in [-0.4, -0.2) is 0 Å². The molecule has 1 atom stereocenters. The van der Waals surface area contributed by atoms with E-state index in [4.69, 9.17) is 11.5 Å². The fourth-order valence-corrected chi connectivity index (χ4v) is 3.30. The summed E-state index contributed by atoms with van der Waals surface area (Å²) >= 11 is 0. The van der Waals surface area contributed by atoms with Crippen molar-refractivity contribution in [3.05, 3.63) is 64.0 Å². The molecular formula is C18H21N3. The minimum absolute atomic E-state index is 0.349. The zero-order chi connectivity index (χ0) is 15.2. The molecule has 0 bridgehead atoms. The van der Waals surface area contributed by atoms with Crippen molar-refractivity contribution in [1.82, 2.24) is 5.32 Å². The van der Waals surface area contributed by atoms with Gasteiger partial charge < -0.3 is 16.8 Å². The molecule has 0 saturated carbocycles. The number of nitrogens with two attached hydrogens (primary N) is 2. The molecule has 2 aromatic rings. The first-order chi connectivity index (χ1) is 9.95. The summed E-state index contributed by atoms with van der Waals surface area (Å²) in [4.78, 5) is 0.